The van der Waals surface area contributed by atoms with Crippen LogP contribution in [0.3, 0.4) is 0 Å². The molecule has 0 aliphatic rings. The Morgan fingerprint density at radius 1 is 1.48 bits per heavy atom. The van der Waals surface area contributed by atoms with Crippen LogP contribution in [0.2, 0.25) is 25.7 Å². The third kappa shape index (κ3) is 6.26. The Bertz CT molecular complexity index is 470. The van der Waals surface area contributed by atoms with Crippen molar-refractivity contribution in [2.45, 2.75) is 58.8 Å². The third-order valence-electron chi connectivity index (χ3n) is 3.01. The fraction of sp³-hybridized carbons (Fsp3) is 0.769. The molecule has 0 aromatic carbocycles. The van der Waals surface area contributed by atoms with Gasteiger partial charge in [-0.3, -0.25) is 10.1 Å². The maximum Gasteiger partial charge on any atom is 0.350 e. The molecule has 8 heteroatoms. The van der Waals surface area contributed by atoms with Crippen LogP contribution in [0.15, 0.2) is 6.20 Å². The predicted octanol–water partition coefficient (Wildman–Crippen LogP) is 3.28. The Hall–Kier alpha value is -1.41. The third-order valence-corrected chi connectivity index (χ3v) is 4.72. The van der Waals surface area contributed by atoms with Gasteiger partial charge in [0, 0.05) is 14.7 Å². The van der Waals surface area contributed by atoms with Gasteiger partial charge in [0.1, 0.15) is 12.9 Å². The Kier molecular flexibility index (Phi) is 6.34. The molecule has 0 unspecified atom stereocenters. The van der Waals surface area contributed by atoms with Crippen molar-refractivity contribution in [3.8, 4) is 5.88 Å². The van der Waals surface area contributed by atoms with E-state index in [-0.39, 0.29) is 24.4 Å². The van der Waals surface area contributed by atoms with Gasteiger partial charge in [-0.1, -0.05) is 26.6 Å². The van der Waals surface area contributed by atoms with E-state index in [0.717, 1.165) is 12.5 Å². The Morgan fingerprint density at radius 2 is 2.14 bits per heavy atom. The first kappa shape index (κ1) is 17.6. The molecular formula is C13H25N3O4Si. The SMILES string of the molecule is CC[C@@H](C)Oc1nn(COCC[Si](C)(C)C)cc1[N+](=O)[O-]. The predicted molar refractivity (Wildman–Crippen MR) is 83.4 cm³/mol. The lowest BCUT2D eigenvalue weighted by Gasteiger charge is -2.15. The van der Waals surface area contributed by atoms with Crippen molar-refractivity contribution in [1.82, 2.24) is 9.78 Å². The lowest BCUT2D eigenvalue weighted by molar-refractivity contribution is -0.386. The summed E-state index contributed by atoms with van der Waals surface area (Å²) in [5.74, 6) is 0.0585. The van der Waals surface area contributed by atoms with Crippen LogP contribution in [0.4, 0.5) is 5.69 Å². The molecule has 1 aromatic rings. The van der Waals surface area contributed by atoms with Gasteiger partial charge in [-0.15, -0.1) is 5.10 Å². The van der Waals surface area contributed by atoms with Crippen molar-refractivity contribution in [2.24, 2.45) is 0 Å². The zero-order chi connectivity index (χ0) is 16.0. The van der Waals surface area contributed by atoms with Gasteiger partial charge in [-0.25, -0.2) is 4.68 Å². The number of ether oxygens (including phenoxy) is 2. The molecule has 21 heavy (non-hydrogen) atoms. The molecule has 0 aliphatic heterocycles. The molecule has 0 saturated carbocycles. The molecule has 1 heterocycles. The van der Waals surface area contributed by atoms with Crippen LogP contribution in [-0.2, 0) is 11.5 Å². The van der Waals surface area contributed by atoms with Gasteiger partial charge >= 0.3 is 11.6 Å². The molecule has 1 rings (SSSR count). The maximum absolute atomic E-state index is 11.0. The molecule has 0 fully saturated rings. The largest absolute Gasteiger partial charge is 0.469 e. The summed E-state index contributed by atoms with van der Waals surface area (Å²) in [5, 5.41) is 15.1. The summed E-state index contributed by atoms with van der Waals surface area (Å²) in [4.78, 5) is 10.5. The number of nitrogens with zero attached hydrogens (tertiary/aromatic N) is 3. The van der Waals surface area contributed by atoms with Crippen molar-refractivity contribution in [2.75, 3.05) is 6.61 Å². The van der Waals surface area contributed by atoms with Crippen LogP contribution >= 0.6 is 0 Å². The highest BCUT2D eigenvalue weighted by Crippen LogP contribution is 2.26. The van der Waals surface area contributed by atoms with Crippen LogP contribution < -0.4 is 4.74 Å². The van der Waals surface area contributed by atoms with Gasteiger partial charge in [0.25, 0.3) is 0 Å². The summed E-state index contributed by atoms with van der Waals surface area (Å²) in [6.07, 6.45) is 2.00. The summed E-state index contributed by atoms with van der Waals surface area (Å²) < 4.78 is 12.4. The van der Waals surface area contributed by atoms with Crippen molar-refractivity contribution < 1.29 is 14.4 Å². The van der Waals surface area contributed by atoms with E-state index < -0.39 is 13.0 Å². The van der Waals surface area contributed by atoms with Crippen molar-refractivity contribution >= 4 is 13.8 Å². The van der Waals surface area contributed by atoms with E-state index >= 15 is 0 Å². The second kappa shape index (κ2) is 7.55. The van der Waals surface area contributed by atoms with Crippen molar-refractivity contribution in [3.63, 3.8) is 0 Å². The zero-order valence-electron chi connectivity index (χ0n) is 13.5. The Balaban J connectivity index is 2.63. The van der Waals surface area contributed by atoms with E-state index in [2.05, 4.69) is 24.7 Å². The molecule has 1 aromatic heterocycles. The summed E-state index contributed by atoms with van der Waals surface area (Å²) in [5.41, 5.74) is -0.121. The van der Waals surface area contributed by atoms with Crippen molar-refractivity contribution in [3.05, 3.63) is 16.3 Å². The number of rotatable bonds is 9. The Labute approximate surface area is 126 Å². The normalized spacial score (nSPS) is 13.2. The smallest absolute Gasteiger partial charge is 0.350 e. The first-order chi connectivity index (χ1) is 9.73. The maximum atomic E-state index is 11.0. The molecule has 0 radical (unpaired) electrons. The second-order valence-corrected chi connectivity index (χ2v) is 11.9. The summed E-state index contributed by atoms with van der Waals surface area (Å²) in [6.45, 7) is 11.5. The highest BCUT2D eigenvalue weighted by molar-refractivity contribution is 6.76. The molecule has 0 bridgehead atoms. The minimum Gasteiger partial charge on any atom is -0.469 e. The number of hydrogen-bond acceptors (Lipinski definition) is 5. The quantitative estimate of drug-likeness (QED) is 0.302. The van der Waals surface area contributed by atoms with E-state index in [0.29, 0.717) is 6.61 Å². The van der Waals surface area contributed by atoms with Crippen LogP contribution in [0.5, 0.6) is 5.88 Å². The second-order valence-electron chi connectivity index (χ2n) is 6.30. The fourth-order valence-electron chi connectivity index (χ4n) is 1.48. The van der Waals surface area contributed by atoms with Gasteiger partial charge in [-0.2, -0.15) is 0 Å². The van der Waals surface area contributed by atoms with Crippen LogP contribution in [0, 0.1) is 10.1 Å². The van der Waals surface area contributed by atoms with Gasteiger partial charge in [-0.05, 0) is 19.4 Å². The molecule has 0 spiro atoms. The van der Waals surface area contributed by atoms with Crippen LogP contribution in [0.1, 0.15) is 20.3 Å². The number of nitro groups is 1. The topological polar surface area (TPSA) is 79.4 Å². The highest BCUT2D eigenvalue weighted by atomic mass is 28.3. The molecule has 0 amide bonds. The van der Waals surface area contributed by atoms with E-state index in [1.54, 1.807) is 0 Å². The van der Waals surface area contributed by atoms with Gasteiger partial charge < -0.3 is 9.47 Å². The summed E-state index contributed by atoms with van der Waals surface area (Å²) >= 11 is 0. The zero-order valence-corrected chi connectivity index (χ0v) is 14.5. The molecule has 7 nitrogen and oxygen atoms in total. The summed E-state index contributed by atoms with van der Waals surface area (Å²) in [7, 11) is -1.13. The van der Waals surface area contributed by atoms with E-state index in [1.165, 1.54) is 10.9 Å². The number of hydrogen-bond donors (Lipinski definition) is 0. The van der Waals surface area contributed by atoms with Gasteiger partial charge in [0.15, 0.2) is 0 Å². The van der Waals surface area contributed by atoms with E-state index in [4.69, 9.17) is 9.47 Å². The highest BCUT2D eigenvalue weighted by Gasteiger charge is 2.22. The van der Waals surface area contributed by atoms with Crippen LogP contribution in [0.25, 0.3) is 0 Å². The fourth-order valence-corrected chi connectivity index (χ4v) is 2.24. The average molecular weight is 315 g/mol. The van der Waals surface area contributed by atoms with E-state index in [1.807, 2.05) is 13.8 Å². The molecular weight excluding hydrogens is 290 g/mol. The monoisotopic (exact) mass is 315 g/mol. The molecule has 120 valence electrons. The summed E-state index contributed by atoms with van der Waals surface area (Å²) in [6, 6.07) is 1.05. The molecule has 0 aliphatic carbocycles. The molecule has 0 N–H and O–H groups in total. The molecule has 0 saturated heterocycles. The van der Waals surface area contributed by atoms with Crippen LogP contribution in [-0.4, -0.2) is 35.5 Å². The average Bonchev–Trinajstić information content (AvgIpc) is 2.76. The Morgan fingerprint density at radius 3 is 2.67 bits per heavy atom. The van der Waals surface area contributed by atoms with Crippen molar-refractivity contribution in [1.29, 1.82) is 0 Å². The number of aromatic nitrogens is 2. The minimum atomic E-state index is -1.13. The van der Waals surface area contributed by atoms with E-state index in [9.17, 15) is 10.1 Å². The lowest BCUT2D eigenvalue weighted by Crippen LogP contribution is -2.22. The standard InChI is InChI=1S/C13H25N3O4Si/c1-6-11(2)20-13-12(16(17)18)9-15(14-13)10-19-7-8-21(3,4)5/h9,11H,6-8,10H2,1-5H3/t11-/m1/s1. The first-order valence-corrected chi connectivity index (χ1v) is 10.9. The molecule has 1 atom stereocenters. The van der Waals surface area contributed by atoms with Gasteiger partial charge in [0.05, 0.1) is 11.0 Å². The van der Waals surface area contributed by atoms with Gasteiger partial charge in [0.2, 0.25) is 0 Å². The lowest BCUT2D eigenvalue weighted by atomic mass is 10.3. The minimum absolute atomic E-state index is 0.0585. The first-order valence-electron chi connectivity index (χ1n) is 7.19.